The second kappa shape index (κ2) is 4.74. The number of nitrogen functional groups attached to an aromatic ring is 1. The van der Waals surface area contributed by atoms with Gasteiger partial charge in [-0.2, -0.15) is 9.97 Å². The summed E-state index contributed by atoms with van der Waals surface area (Å²) in [5.74, 6) is 0.443. The van der Waals surface area contributed by atoms with Gasteiger partial charge in [-0.3, -0.25) is 0 Å². The Balaban J connectivity index is 2.14. The Morgan fingerprint density at radius 3 is 2.94 bits per heavy atom. The van der Waals surface area contributed by atoms with Crippen molar-refractivity contribution in [3.63, 3.8) is 0 Å². The van der Waals surface area contributed by atoms with Gasteiger partial charge in [-0.15, -0.1) is 0 Å². The molecule has 0 aliphatic heterocycles. The minimum absolute atomic E-state index is 0.0664. The molecule has 0 aromatic carbocycles. The minimum atomic E-state index is -3.25. The number of nitrogens with zero attached hydrogens (tertiary/aromatic N) is 3. The van der Waals surface area contributed by atoms with Crippen LogP contribution < -0.4 is 15.8 Å². The molecular formula is C8H13N7O2S. The first-order valence-corrected chi connectivity index (χ1v) is 6.79. The number of sulfonamides is 1. The molecule has 2 aromatic rings. The number of nitrogens with one attached hydrogen (secondary N) is 3. The molecule has 9 nitrogen and oxygen atoms in total. The van der Waals surface area contributed by atoms with Gasteiger partial charge in [0.15, 0.2) is 11.5 Å². The minimum Gasteiger partial charge on any atom is -0.368 e. The van der Waals surface area contributed by atoms with E-state index >= 15 is 0 Å². The van der Waals surface area contributed by atoms with E-state index in [1.807, 2.05) is 0 Å². The number of hydrogen-bond donors (Lipinski definition) is 4. The second-order valence-electron chi connectivity index (χ2n) is 3.48. The largest absolute Gasteiger partial charge is 0.368 e. The fourth-order valence-electron chi connectivity index (χ4n) is 1.38. The van der Waals surface area contributed by atoms with Gasteiger partial charge in [0.2, 0.25) is 16.0 Å². The molecule has 0 fully saturated rings. The number of aromatic nitrogens is 4. The maximum Gasteiger partial charge on any atom is 0.224 e. The highest BCUT2D eigenvalue weighted by atomic mass is 32.2. The summed E-state index contributed by atoms with van der Waals surface area (Å²) in [6.45, 7) is 0.202. The zero-order chi connectivity index (χ0) is 13.2. The van der Waals surface area contributed by atoms with E-state index in [0.29, 0.717) is 17.0 Å². The molecule has 0 saturated heterocycles. The lowest BCUT2D eigenvalue weighted by Crippen LogP contribution is -2.26. The third-order valence-electron chi connectivity index (χ3n) is 2.28. The van der Waals surface area contributed by atoms with Gasteiger partial charge in [0.1, 0.15) is 5.52 Å². The number of H-pyrrole nitrogens is 1. The Morgan fingerprint density at radius 2 is 2.22 bits per heavy atom. The fraction of sp³-hybridized carbons (Fsp3) is 0.375. The van der Waals surface area contributed by atoms with E-state index in [2.05, 4.69) is 30.0 Å². The number of nitrogens with two attached hydrogens (primary N) is 1. The average molecular weight is 271 g/mol. The number of fused-ring (bicyclic) bond motifs is 1. The molecule has 0 unspecified atom stereocenters. The zero-order valence-electron chi connectivity index (χ0n) is 9.64. The smallest absolute Gasteiger partial charge is 0.224 e. The maximum atomic E-state index is 11.2. The lowest BCUT2D eigenvalue weighted by atomic mass is 10.5. The predicted octanol–water partition coefficient (Wildman–Crippen LogP) is -1.10. The van der Waals surface area contributed by atoms with Gasteiger partial charge in [0.25, 0.3) is 0 Å². The van der Waals surface area contributed by atoms with Crippen LogP contribution in [-0.4, -0.2) is 47.7 Å². The molecule has 18 heavy (non-hydrogen) atoms. The van der Waals surface area contributed by atoms with Gasteiger partial charge < -0.3 is 16.0 Å². The zero-order valence-corrected chi connectivity index (χ0v) is 10.5. The van der Waals surface area contributed by atoms with Gasteiger partial charge in [-0.1, -0.05) is 0 Å². The van der Waals surface area contributed by atoms with E-state index in [4.69, 9.17) is 5.73 Å². The number of imidazole rings is 1. The predicted molar refractivity (Wildman–Crippen MR) is 67.4 cm³/mol. The molecule has 2 heterocycles. The van der Waals surface area contributed by atoms with E-state index in [1.54, 1.807) is 0 Å². The first kappa shape index (κ1) is 12.5. The highest BCUT2D eigenvalue weighted by Crippen LogP contribution is 2.16. The van der Waals surface area contributed by atoms with Crippen LogP contribution in [-0.2, 0) is 10.0 Å². The molecular weight excluding hydrogens is 258 g/mol. The first-order chi connectivity index (χ1) is 8.52. The number of aromatic amines is 1. The van der Waals surface area contributed by atoms with Crippen molar-refractivity contribution in [3.05, 3.63) is 6.33 Å². The summed E-state index contributed by atoms with van der Waals surface area (Å²) < 4.78 is 24.7. The third-order valence-corrected chi connectivity index (χ3v) is 3.64. The summed E-state index contributed by atoms with van der Waals surface area (Å²) in [5.41, 5.74) is 6.54. The maximum absolute atomic E-state index is 11.2. The summed E-state index contributed by atoms with van der Waals surface area (Å²) in [7, 11) is -1.89. The molecule has 0 spiro atoms. The molecule has 0 amide bonds. The highest BCUT2D eigenvalue weighted by molar-refractivity contribution is 7.89. The molecule has 0 radical (unpaired) electrons. The molecule has 0 aliphatic rings. The fourth-order valence-corrected chi connectivity index (χ4v) is 1.96. The Morgan fingerprint density at radius 1 is 1.44 bits per heavy atom. The normalized spacial score (nSPS) is 11.8. The van der Waals surface area contributed by atoms with Crippen LogP contribution in [0.15, 0.2) is 6.33 Å². The van der Waals surface area contributed by atoms with Crippen molar-refractivity contribution in [2.75, 3.05) is 30.4 Å². The van der Waals surface area contributed by atoms with Crippen LogP contribution in [0.25, 0.3) is 11.2 Å². The Hall–Kier alpha value is -1.94. The molecule has 98 valence electrons. The van der Waals surface area contributed by atoms with Crippen molar-refractivity contribution < 1.29 is 8.42 Å². The molecule has 5 N–H and O–H groups in total. The van der Waals surface area contributed by atoms with E-state index in [9.17, 15) is 8.42 Å². The lowest BCUT2D eigenvalue weighted by molar-refractivity contribution is 0.588. The van der Waals surface area contributed by atoms with Crippen molar-refractivity contribution in [2.24, 2.45) is 0 Å². The van der Waals surface area contributed by atoms with Crippen LogP contribution in [0.2, 0.25) is 0 Å². The number of rotatable bonds is 5. The molecule has 2 aromatic heterocycles. The van der Waals surface area contributed by atoms with Crippen molar-refractivity contribution in [1.82, 2.24) is 24.7 Å². The van der Waals surface area contributed by atoms with Crippen molar-refractivity contribution in [2.45, 2.75) is 0 Å². The van der Waals surface area contributed by atoms with Crippen LogP contribution in [0.5, 0.6) is 0 Å². The first-order valence-electron chi connectivity index (χ1n) is 5.13. The second-order valence-corrected chi connectivity index (χ2v) is 5.53. The van der Waals surface area contributed by atoms with E-state index in [-0.39, 0.29) is 18.2 Å². The van der Waals surface area contributed by atoms with Crippen LogP contribution >= 0.6 is 0 Å². The Labute approximate surface area is 103 Å². The van der Waals surface area contributed by atoms with Gasteiger partial charge in [0, 0.05) is 6.54 Å². The highest BCUT2D eigenvalue weighted by Gasteiger charge is 2.10. The topological polar surface area (TPSA) is 139 Å². The quantitative estimate of drug-likeness (QED) is 0.541. The summed E-state index contributed by atoms with van der Waals surface area (Å²) >= 11 is 0. The summed E-state index contributed by atoms with van der Waals surface area (Å²) in [6.07, 6.45) is 1.47. The van der Waals surface area contributed by atoms with Gasteiger partial charge >= 0.3 is 0 Å². The van der Waals surface area contributed by atoms with Gasteiger partial charge in [0.05, 0.1) is 12.1 Å². The van der Waals surface area contributed by atoms with E-state index in [0.717, 1.165) is 0 Å². The average Bonchev–Trinajstić information content (AvgIpc) is 2.76. The van der Waals surface area contributed by atoms with Crippen LogP contribution in [0.3, 0.4) is 0 Å². The molecule has 0 aliphatic carbocycles. The van der Waals surface area contributed by atoms with Crippen LogP contribution in [0, 0.1) is 0 Å². The van der Waals surface area contributed by atoms with Gasteiger partial charge in [-0.05, 0) is 7.05 Å². The van der Waals surface area contributed by atoms with E-state index < -0.39 is 10.0 Å². The van der Waals surface area contributed by atoms with E-state index in [1.165, 1.54) is 13.4 Å². The van der Waals surface area contributed by atoms with Crippen molar-refractivity contribution in [1.29, 1.82) is 0 Å². The van der Waals surface area contributed by atoms with Crippen molar-refractivity contribution >= 4 is 33.0 Å². The third kappa shape index (κ3) is 2.65. The molecule has 2 rings (SSSR count). The lowest BCUT2D eigenvalue weighted by Gasteiger charge is -2.06. The van der Waals surface area contributed by atoms with Gasteiger partial charge in [-0.25, -0.2) is 18.1 Å². The SMILES string of the molecule is CNS(=O)(=O)CCNc1nc(N)nc2nc[nH]c12. The molecule has 0 atom stereocenters. The number of anilines is 2. The monoisotopic (exact) mass is 271 g/mol. The summed E-state index contributed by atoms with van der Waals surface area (Å²) in [4.78, 5) is 14.7. The molecule has 0 bridgehead atoms. The molecule has 10 heteroatoms. The molecule has 0 saturated carbocycles. The van der Waals surface area contributed by atoms with Crippen LogP contribution in [0.1, 0.15) is 0 Å². The Bertz CT molecular complexity index is 651. The Kier molecular flexibility index (Phi) is 3.30. The van der Waals surface area contributed by atoms with Crippen LogP contribution in [0.4, 0.5) is 11.8 Å². The van der Waals surface area contributed by atoms with Crippen molar-refractivity contribution in [3.8, 4) is 0 Å². The standard InChI is InChI=1S/C8H13N7O2S/c1-10-18(16,17)3-2-11-6-5-7(13-4-12-5)15-8(9)14-6/h4,10H,2-3H2,1H3,(H4,9,11,12,13,14,15). The number of hydrogen-bond acceptors (Lipinski definition) is 7. The summed E-state index contributed by atoms with van der Waals surface area (Å²) in [6, 6.07) is 0. The summed E-state index contributed by atoms with van der Waals surface area (Å²) in [5, 5.41) is 2.88.